The summed E-state index contributed by atoms with van der Waals surface area (Å²) >= 11 is 0. The van der Waals surface area contributed by atoms with Crippen LogP contribution in [0.5, 0.6) is 0 Å². The molecule has 98 valence electrons. The highest BCUT2D eigenvalue weighted by Gasteiger charge is 2.42. The van der Waals surface area contributed by atoms with E-state index in [-0.39, 0.29) is 5.66 Å². The molecule has 0 saturated carbocycles. The molecule has 4 unspecified atom stereocenters. The quantitative estimate of drug-likeness (QED) is 0.351. The van der Waals surface area contributed by atoms with Crippen molar-refractivity contribution < 1.29 is 8.93 Å². The van der Waals surface area contributed by atoms with E-state index in [4.69, 9.17) is 4.74 Å². The average molecular weight is 258 g/mol. The van der Waals surface area contributed by atoms with Crippen LogP contribution in [-0.2, 0) is 4.74 Å². The third-order valence-electron chi connectivity index (χ3n) is 3.20. The van der Waals surface area contributed by atoms with Crippen molar-refractivity contribution in [3.63, 3.8) is 0 Å². The van der Waals surface area contributed by atoms with E-state index in [9.17, 15) is 4.20 Å². The van der Waals surface area contributed by atoms with Crippen LogP contribution in [0, 0.1) is 5.92 Å². The summed E-state index contributed by atoms with van der Waals surface area (Å²) in [6, 6.07) is 0. The summed E-state index contributed by atoms with van der Waals surface area (Å²) in [5, 5.41) is 0. The van der Waals surface area contributed by atoms with E-state index >= 15 is 0 Å². The molecule has 0 aromatic rings. The summed E-state index contributed by atoms with van der Waals surface area (Å²) in [7, 11) is -0.524. The van der Waals surface area contributed by atoms with Crippen molar-refractivity contribution in [1.82, 2.24) is 0 Å². The third kappa shape index (κ3) is 5.31. The van der Waals surface area contributed by atoms with E-state index in [1.54, 1.807) is 0 Å². The number of rotatable bonds is 8. The molecule has 1 saturated heterocycles. The molecule has 0 aliphatic carbocycles. The maximum absolute atomic E-state index is 12.8. The first-order chi connectivity index (χ1) is 8.22. The molecule has 1 aliphatic heterocycles. The highest BCUT2D eigenvalue weighted by atomic mass is 31.1. The van der Waals surface area contributed by atoms with E-state index < -0.39 is 8.89 Å². The van der Waals surface area contributed by atoms with Crippen LogP contribution in [0.15, 0.2) is 24.3 Å². The minimum absolute atomic E-state index is 0.0371. The van der Waals surface area contributed by atoms with Gasteiger partial charge >= 0.3 is 0 Å². The Morgan fingerprint density at radius 2 is 2.18 bits per heavy atom. The summed E-state index contributed by atoms with van der Waals surface area (Å²) in [6.07, 6.45) is 11.7. The molecular formula is C14H24FOP. The first kappa shape index (κ1) is 14.9. The van der Waals surface area contributed by atoms with Crippen LogP contribution in [0.4, 0.5) is 4.20 Å². The van der Waals surface area contributed by atoms with Crippen molar-refractivity contribution in [3.05, 3.63) is 24.3 Å². The monoisotopic (exact) mass is 258 g/mol. The molecule has 1 rings (SSSR count). The normalized spacial score (nSPS) is 28.5. The van der Waals surface area contributed by atoms with Crippen molar-refractivity contribution in [2.45, 2.75) is 57.9 Å². The summed E-state index contributed by atoms with van der Waals surface area (Å²) < 4.78 is 18.5. The van der Waals surface area contributed by atoms with Crippen LogP contribution in [-0.4, -0.2) is 17.9 Å². The molecule has 5 atom stereocenters. The van der Waals surface area contributed by atoms with E-state index in [0.29, 0.717) is 18.1 Å². The molecule has 0 bridgehead atoms. The van der Waals surface area contributed by atoms with Gasteiger partial charge in [0.05, 0.1) is 21.1 Å². The Labute approximate surface area is 106 Å². The van der Waals surface area contributed by atoms with Crippen molar-refractivity contribution in [2.75, 3.05) is 0 Å². The van der Waals surface area contributed by atoms with Crippen LogP contribution in [0.1, 0.15) is 40.0 Å². The minimum Gasteiger partial charge on any atom is -0.369 e. The molecule has 1 fully saturated rings. The van der Waals surface area contributed by atoms with Gasteiger partial charge in [-0.2, -0.15) is 0 Å². The van der Waals surface area contributed by atoms with Crippen molar-refractivity contribution in [1.29, 1.82) is 0 Å². The van der Waals surface area contributed by atoms with Gasteiger partial charge in [-0.05, 0) is 25.7 Å². The largest absolute Gasteiger partial charge is 0.369 e. The molecule has 0 aromatic carbocycles. The number of epoxide rings is 1. The zero-order chi connectivity index (χ0) is 12.7. The van der Waals surface area contributed by atoms with Crippen LogP contribution < -0.4 is 0 Å². The van der Waals surface area contributed by atoms with Crippen molar-refractivity contribution in [3.8, 4) is 0 Å². The zero-order valence-corrected chi connectivity index (χ0v) is 12.0. The lowest BCUT2D eigenvalue weighted by molar-refractivity contribution is 0.313. The molecular weight excluding hydrogens is 234 g/mol. The number of hydrogen-bond donors (Lipinski definition) is 0. The SMILES string of the molecule is C/C=C\C=C\C(CC1OC1[C@H](C)CCC)PF. The van der Waals surface area contributed by atoms with Gasteiger partial charge in [0.15, 0.2) is 0 Å². The number of allylic oxidation sites excluding steroid dienone is 4. The lowest BCUT2D eigenvalue weighted by Gasteiger charge is -2.07. The molecule has 17 heavy (non-hydrogen) atoms. The first-order valence-electron chi connectivity index (χ1n) is 6.54. The number of hydrogen-bond acceptors (Lipinski definition) is 1. The van der Waals surface area contributed by atoms with Crippen LogP contribution in [0.2, 0.25) is 0 Å². The number of ether oxygens (including phenoxy) is 1. The molecule has 1 heterocycles. The van der Waals surface area contributed by atoms with Gasteiger partial charge in [0.2, 0.25) is 0 Å². The molecule has 3 heteroatoms. The summed E-state index contributed by atoms with van der Waals surface area (Å²) in [4.78, 5) is 0. The molecule has 0 aromatic heterocycles. The zero-order valence-electron chi connectivity index (χ0n) is 11.0. The Balaban J connectivity index is 2.29. The average Bonchev–Trinajstić information content (AvgIpc) is 3.08. The van der Waals surface area contributed by atoms with Gasteiger partial charge in [0.25, 0.3) is 0 Å². The fourth-order valence-corrected chi connectivity index (χ4v) is 2.69. The predicted molar refractivity (Wildman–Crippen MR) is 74.5 cm³/mol. The second-order valence-electron chi connectivity index (χ2n) is 4.77. The van der Waals surface area contributed by atoms with Gasteiger partial charge in [0.1, 0.15) is 0 Å². The molecule has 1 nitrogen and oxygen atoms in total. The van der Waals surface area contributed by atoms with Crippen molar-refractivity contribution >= 4 is 8.89 Å². The standard InChI is InChI=1S/C14H24FOP/c1-4-6-7-9-12(17-15)10-13-14(16-13)11(3)8-5-2/h4,6-7,9,11-14,17H,5,8,10H2,1-3H3/b6-4-,9-7+/t11-,12?,13?,14?/m1/s1. The third-order valence-corrected chi connectivity index (χ3v) is 3.91. The number of halogens is 1. The van der Waals surface area contributed by atoms with Crippen LogP contribution >= 0.6 is 8.89 Å². The van der Waals surface area contributed by atoms with E-state index in [1.165, 1.54) is 12.8 Å². The maximum atomic E-state index is 12.8. The highest BCUT2D eigenvalue weighted by molar-refractivity contribution is 7.33. The Kier molecular flexibility index (Phi) is 6.99. The Morgan fingerprint density at radius 1 is 1.41 bits per heavy atom. The van der Waals surface area contributed by atoms with Gasteiger partial charge in [-0.15, -0.1) is 0 Å². The fourth-order valence-electron chi connectivity index (χ4n) is 2.19. The minimum atomic E-state index is -0.524. The molecule has 0 spiro atoms. The smallest absolute Gasteiger partial charge is 0.0867 e. The van der Waals surface area contributed by atoms with Gasteiger partial charge in [-0.1, -0.05) is 44.6 Å². The summed E-state index contributed by atoms with van der Waals surface area (Å²) in [5.41, 5.74) is 0.0371. The lowest BCUT2D eigenvalue weighted by Crippen LogP contribution is -2.09. The predicted octanol–water partition coefficient (Wildman–Crippen LogP) is 4.64. The Morgan fingerprint density at radius 3 is 2.76 bits per heavy atom. The first-order valence-corrected chi connectivity index (χ1v) is 7.49. The van der Waals surface area contributed by atoms with E-state index in [0.717, 1.165) is 6.42 Å². The van der Waals surface area contributed by atoms with Crippen molar-refractivity contribution in [2.24, 2.45) is 5.92 Å². The summed E-state index contributed by atoms with van der Waals surface area (Å²) in [5.74, 6) is 0.619. The Bertz CT molecular complexity index is 265. The maximum Gasteiger partial charge on any atom is 0.0867 e. The highest BCUT2D eigenvalue weighted by Crippen LogP contribution is 2.38. The van der Waals surface area contributed by atoms with Gasteiger partial charge in [-0.25, -0.2) is 4.20 Å². The Hall–Kier alpha value is -0.200. The van der Waals surface area contributed by atoms with Crippen LogP contribution in [0.25, 0.3) is 0 Å². The molecule has 1 aliphatic rings. The fraction of sp³-hybridized carbons (Fsp3) is 0.714. The second-order valence-corrected chi connectivity index (χ2v) is 5.73. The molecule has 0 N–H and O–H groups in total. The molecule has 0 radical (unpaired) electrons. The summed E-state index contributed by atoms with van der Waals surface area (Å²) in [6.45, 7) is 6.39. The lowest BCUT2D eigenvalue weighted by atomic mass is 9.98. The van der Waals surface area contributed by atoms with Gasteiger partial charge < -0.3 is 4.74 Å². The van der Waals surface area contributed by atoms with E-state index in [2.05, 4.69) is 13.8 Å². The van der Waals surface area contributed by atoms with Gasteiger partial charge in [-0.3, -0.25) is 0 Å². The van der Waals surface area contributed by atoms with Crippen LogP contribution in [0.3, 0.4) is 0 Å². The topological polar surface area (TPSA) is 12.5 Å². The van der Waals surface area contributed by atoms with Gasteiger partial charge in [0, 0.05) is 5.66 Å². The second kappa shape index (κ2) is 8.00. The van der Waals surface area contributed by atoms with E-state index in [1.807, 2.05) is 31.2 Å². The molecule has 0 amide bonds.